The van der Waals surface area contributed by atoms with Gasteiger partial charge in [-0.25, -0.2) is 0 Å². The molecule has 0 aromatic carbocycles. The van der Waals surface area contributed by atoms with Crippen LogP contribution in [0.4, 0.5) is 0 Å². The van der Waals surface area contributed by atoms with E-state index in [9.17, 15) is 14.3 Å². The second-order valence-electron chi connectivity index (χ2n) is 9.03. The molecule has 0 spiro atoms. The summed E-state index contributed by atoms with van der Waals surface area (Å²) in [5.41, 5.74) is 0. The molecule has 0 bridgehead atoms. The monoisotopic (exact) mass is 494 g/mol. The zero-order valence-corrected chi connectivity index (χ0v) is 22.6. The molecule has 7 nitrogen and oxygen atoms in total. The molecule has 2 unspecified atom stereocenters. The van der Waals surface area contributed by atoms with Gasteiger partial charge in [0.2, 0.25) is 0 Å². The maximum Gasteiger partial charge on any atom is 0.333 e. The molecule has 3 N–H and O–H groups in total. The quantitative estimate of drug-likeness (QED) is 0.103. The molecule has 0 fully saturated rings. The molecule has 2 atom stereocenters. The minimum Gasteiger partial charge on any atom is -0.457 e. The Balaban J connectivity index is 3.85. The number of carbonyl (C=O) groups is 1. The van der Waals surface area contributed by atoms with Crippen LogP contribution in [0.25, 0.3) is 0 Å². The van der Waals surface area contributed by atoms with Gasteiger partial charge >= 0.3 is 13.6 Å². The van der Waals surface area contributed by atoms with Crippen molar-refractivity contribution >= 4 is 13.6 Å². The number of nitrogens with two attached hydrogens (primary N) is 1. The molecule has 0 aromatic rings. The largest absolute Gasteiger partial charge is 0.457 e. The summed E-state index contributed by atoms with van der Waals surface area (Å²) in [4.78, 5) is 21.7. The predicted octanol–water partition coefficient (Wildman–Crippen LogP) is 5.20. The molecular weight excluding hydrogens is 441 g/mol. The van der Waals surface area contributed by atoms with Gasteiger partial charge in [-0.05, 0) is 12.8 Å². The minimum absolute atomic E-state index is 0.0684. The summed E-state index contributed by atoms with van der Waals surface area (Å²) >= 11 is 0. The molecule has 0 saturated heterocycles. The molecule has 8 heteroatoms. The van der Waals surface area contributed by atoms with Crippen molar-refractivity contribution in [2.45, 2.75) is 116 Å². The smallest absolute Gasteiger partial charge is 0.333 e. The van der Waals surface area contributed by atoms with Crippen LogP contribution in [0.15, 0.2) is 0 Å². The van der Waals surface area contributed by atoms with Crippen molar-refractivity contribution in [3.8, 4) is 0 Å². The van der Waals surface area contributed by atoms with Gasteiger partial charge in [0.25, 0.3) is 0 Å². The summed E-state index contributed by atoms with van der Waals surface area (Å²) in [6.07, 6.45) is 17.3. The third kappa shape index (κ3) is 23.1. The second kappa shape index (κ2) is 23.3. The Morgan fingerprint density at radius 3 is 1.91 bits per heavy atom. The first kappa shape index (κ1) is 32.5. The maximum absolute atomic E-state index is 12.0. The van der Waals surface area contributed by atoms with Gasteiger partial charge in [0, 0.05) is 13.0 Å². The third-order valence-corrected chi connectivity index (χ3v) is 6.99. The highest BCUT2D eigenvalue weighted by atomic mass is 31.2. The predicted molar refractivity (Wildman–Crippen MR) is 135 cm³/mol. The SMILES string of the molecule is CCCCCCCCCCCCCCCOCC(COP(=O)(O)CC[NH2+]C)OC(=O)CCC. The van der Waals surface area contributed by atoms with Gasteiger partial charge in [-0.2, -0.15) is 0 Å². The van der Waals surface area contributed by atoms with Gasteiger partial charge in [0.15, 0.2) is 0 Å². The van der Waals surface area contributed by atoms with Crippen LogP contribution >= 0.6 is 7.60 Å². The van der Waals surface area contributed by atoms with Gasteiger partial charge in [-0.15, -0.1) is 0 Å². The van der Waals surface area contributed by atoms with Crippen LogP contribution in [0.5, 0.6) is 0 Å². The zero-order chi connectivity index (χ0) is 24.6. The first-order valence-corrected chi connectivity index (χ1v) is 15.2. The maximum atomic E-state index is 12.0. The van der Waals surface area contributed by atoms with Crippen molar-refractivity contribution in [3.05, 3.63) is 0 Å². The van der Waals surface area contributed by atoms with Crippen LogP contribution in [0.1, 0.15) is 110 Å². The van der Waals surface area contributed by atoms with Crippen LogP contribution in [0, 0.1) is 0 Å². The average Bonchev–Trinajstić information content (AvgIpc) is 2.78. The van der Waals surface area contributed by atoms with Gasteiger partial charge in [-0.3, -0.25) is 9.36 Å². The summed E-state index contributed by atoms with van der Waals surface area (Å²) in [6.45, 7) is 5.33. The lowest BCUT2D eigenvalue weighted by Gasteiger charge is -2.20. The fraction of sp³-hybridized carbons (Fsp3) is 0.960. The van der Waals surface area contributed by atoms with Crippen molar-refractivity contribution in [1.82, 2.24) is 0 Å². The molecule has 0 saturated carbocycles. The normalized spacial score (nSPS) is 14.2. The highest BCUT2D eigenvalue weighted by Crippen LogP contribution is 2.40. The van der Waals surface area contributed by atoms with E-state index in [0.29, 0.717) is 26.0 Å². The summed E-state index contributed by atoms with van der Waals surface area (Å²) in [6, 6.07) is 0. The lowest BCUT2D eigenvalue weighted by molar-refractivity contribution is -0.622. The highest BCUT2D eigenvalue weighted by molar-refractivity contribution is 7.52. The van der Waals surface area contributed by atoms with E-state index in [4.69, 9.17) is 14.0 Å². The molecule has 0 heterocycles. The van der Waals surface area contributed by atoms with E-state index >= 15 is 0 Å². The third-order valence-electron chi connectivity index (χ3n) is 5.61. The van der Waals surface area contributed by atoms with Gasteiger partial charge < -0.3 is 24.2 Å². The Hall–Kier alpha value is -0.460. The van der Waals surface area contributed by atoms with Crippen molar-refractivity contribution in [2.75, 3.05) is 39.6 Å². The van der Waals surface area contributed by atoms with Crippen molar-refractivity contribution in [1.29, 1.82) is 0 Å². The van der Waals surface area contributed by atoms with E-state index in [1.807, 2.05) is 19.3 Å². The number of hydrogen-bond acceptors (Lipinski definition) is 5. The Morgan fingerprint density at radius 1 is 0.848 bits per heavy atom. The van der Waals surface area contributed by atoms with Crippen LogP contribution in [-0.2, 0) is 23.4 Å². The Morgan fingerprint density at radius 2 is 1.39 bits per heavy atom. The lowest BCUT2D eigenvalue weighted by Crippen LogP contribution is -2.80. The molecular formula is C25H53NO6P+. The number of esters is 1. The Kier molecular flexibility index (Phi) is 23.0. The zero-order valence-electron chi connectivity index (χ0n) is 21.7. The lowest BCUT2D eigenvalue weighted by atomic mass is 10.0. The van der Waals surface area contributed by atoms with Crippen LogP contribution in [0.2, 0.25) is 0 Å². The van der Waals surface area contributed by atoms with Crippen LogP contribution < -0.4 is 5.32 Å². The van der Waals surface area contributed by atoms with E-state index in [1.54, 1.807) is 0 Å². The average molecular weight is 495 g/mol. The van der Waals surface area contributed by atoms with Gasteiger partial charge in [-0.1, -0.05) is 90.9 Å². The van der Waals surface area contributed by atoms with E-state index < -0.39 is 13.7 Å². The Labute approximate surface area is 203 Å². The van der Waals surface area contributed by atoms with Crippen molar-refractivity contribution < 1.29 is 33.6 Å². The first-order valence-electron chi connectivity index (χ1n) is 13.5. The molecule has 0 aliphatic rings. The second-order valence-corrected chi connectivity index (χ2v) is 11.0. The first-order chi connectivity index (χ1) is 15.9. The molecule has 0 radical (unpaired) electrons. The van der Waals surface area contributed by atoms with Crippen molar-refractivity contribution in [3.63, 3.8) is 0 Å². The van der Waals surface area contributed by atoms with E-state index in [1.165, 1.54) is 70.6 Å². The van der Waals surface area contributed by atoms with Crippen LogP contribution in [-0.4, -0.2) is 56.5 Å². The molecule has 0 aromatic heterocycles. The standard InChI is InChI=1S/C25H52NO6P/c1-4-6-7-8-9-10-11-12-13-14-15-16-17-20-30-22-24(32-25(27)18-5-2)23-31-33(28,29)21-19-26-3/h24,26H,4-23H2,1-3H3,(H,28,29)/p+1. The summed E-state index contributed by atoms with van der Waals surface area (Å²) in [5.74, 6) is -0.328. The van der Waals surface area contributed by atoms with E-state index in [-0.39, 0.29) is 25.3 Å². The fourth-order valence-corrected chi connectivity index (χ4v) is 4.67. The molecule has 198 valence electrons. The summed E-state index contributed by atoms with van der Waals surface area (Å²) in [5, 5.41) is 1.82. The number of carbonyl (C=O) groups excluding carboxylic acids is 1. The number of quaternary nitrogens is 1. The highest BCUT2D eigenvalue weighted by Gasteiger charge is 2.24. The van der Waals surface area contributed by atoms with Gasteiger partial charge in [0.05, 0.1) is 33.0 Å². The number of ether oxygens (including phenoxy) is 2. The van der Waals surface area contributed by atoms with Gasteiger partial charge in [0.1, 0.15) is 6.10 Å². The van der Waals surface area contributed by atoms with Crippen LogP contribution in [0.3, 0.4) is 0 Å². The fourth-order valence-electron chi connectivity index (χ4n) is 3.56. The molecule has 0 aliphatic heterocycles. The molecule has 0 amide bonds. The van der Waals surface area contributed by atoms with E-state index in [2.05, 4.69) is 6.92 Å². The molecule has 0 rings (SSSR count). The van der Waals surface area contributed by atoms with Crippen molar-refractivity contribution in [2.24, 2.45) is 0 Å². The Bertz CT molecular complexity index is 492. The molecule has 33 heavy (non-hydrogen) atoms. The number of hydrogen-bond donors (Lipinski definition) is 2. The molecule has 0 aliphatic carbocycles. The number of unbranched alkanes of at least 4 members (excludes halogenated alkanes) is 12. The summed E-state index contributed by atoms with van der Waals surface area (Å²) < 4.78 is 28.3. The number of rotatable bonds is 25. The minimum atomic E-state index is -3.67. The summed E-state index contributed by atoms with van der Waals surface area (Å²) in [7, 11) is -1.84. The topological polar surface area (TPSA) is 98.7 Å². The van der Waals surface area contributed by atoms with E-state index in [0.717, 1.165) is 12.8 Å².